The summed E-state index contributed by atoms with van der Waals surface area (Å²) in [7, 11) is 0. The Bertz CT molecular complexity index is 813. The van der Waals surface area contributed by atoms with Crippen molar-refractivity contribution >= 4 is 46.4 Å². The number of nitrogens with one attached hydrogen (secondary N) is 1. The lowest BCUT2D eigenvalue weighted by molar-refractivity contribution is -0.122. The van der Waals surface area contributed by atoms with Crippen LogP contribution in [0, 0.1) is 11.7 Å². The van der Waals surface area contributed by atoms with Crippen molar-refractivity contribution in [3.05, 3.63) is 58.3 Å². The Morgan fingerprint density at radius 2 is 1.96 bits per heavy atom. The highest BCUT2D eigenvalue weighted by molar-refractivity contribution is 6.31. The fourth-order valence-corrected chi connectivity index (χ4v) is 2.97. The first-order chi connectivity index (χ1) is 11.5. The minimum absolute atomic E-state index is 0.00107. The van der Waals surface area contributed by atoms with Crippen LogP contribution in [0.25, 0.3) is 0 Å². The number of carbonyl (C=O) groups is 2. The maximum absolute atomic E-state index is 13.9. The Hall–Kier alpha value is -2.11. The largest absolute Gasteiger partial charge is 0.323 e. The molecule has 1 unspecified atom stereocenters. The number of carbonyl (C=O) groups excluding carboxylic acids is 2. The molecule has 3 rings (SSSR count). The molecule has 1 heterocycles. The predicted octanol–water partition coefficient (Wildman–Crippen LogP) is 4.12. The van der Waals surface area contributed by atoms with E-state index in [1.54, 1.807) is 30.3 Å². The van der Waals surface area contributed by atoms with Gasteiger partial charge in [-0.2, -0.15) is 0 Å². The van der Waals surface area contributed by atoms with Gasteiger partial charge in [-0.25, -0.2) is 4.39 Å². The molecule has 0 aromatic heterocycles. The molecule has 7 heteroatoms. The van der Waals surface area contributed by atoms with Gasteiger partial charge in [-0.3, -0.25) is 9.59 Å². The Kier molecular flexibility index (Phi) is 4.73. The van der Waals surface area contributed by atoms with Gasteiger partial charge in [0, 0.05) is 23.7 Å². The summed E-state index contributed by atoms with van der Waals surface area (Å²) in [6.07, 6.45) is 0.0561. The van der Waals surface area contributed by atoms with Gasteiger partial charge >= 0.3 is 0 Å². The molecule has 124 valence electrons. The lowest BCUT2D eigenvalue weighted by Gasteiger charge is -2.17. The fraction of sp³-hybridized carbons (Fsp3) is 0.176. The highest BCUT2D eigenvalue weighted by atomic mass is 35.5. The molecule has 1 saturated heterocycles. The van der Waals surface area contributed by atoms with Crippen LogP contribution < -0.4 is 10.2 Å². The molecule has 0 saturated carbocycles. The summed E-state index contributed by atoms with van der Waals surface area (Å²) in [5.41, 5.74) is 0.637. The van der Waals surface area contributed by atoms with E-state index in [1.807, 2.05) is 0 Å². The number of hydrogen-bond acceptors (Lipinski definition) is 2. The third kappa shape index (κ3) is 3.37. The lowest BCUT2D eigenvalue weighted by Crippen LogP contribution is -2.28. The quantitative estimate of drug-likeness (QED) is 0.887. The Morgan fingerprint density at radius 3 is 2.71 bits per heavy atom. The maximum atomic E-state index is 13.9. The normalized spacial score (nSPS) is 17.2. The number of hydrogen-bond donors (Lipinski definition) is 1. The molecule has 0 spiro atoms. The van der Waals surface area contributed by atoms with Crippen LogP contribution in [0.4, 0.5) is 15.8 Å². The van der Waals surface area contributed by atoms with Gasteiger partial charge in [0.15, 0.2) is 5.82 Å². The first-order valence-corrected chi connectivity index (χ1v) is 8.02. The molecule has 2 aromatic rings. The van der Waals surface area contributed by atoms with Crippen molar-refractivity contribution in [2.24, 2.45) is 5.92 Å². The lowest BCUT2D eigenvalue weighted by atomic mass is 10.1. The number of amides is 2. The van der Waals surface area contributed by atoms with Crippen molar-refractivity contribution in [3.8, 4) is 0 Å². The summed E-state index contributed by atoms with van der Waals surface area (Å²) in [6.45, 7) is 0.215. The van der Waals surface area contributed by atoms with Gasteiger partial charge in [0.1, 0.15) is 0 Å². The van der Waals surface area contributed by atoms with E-state index in [2.05, 4.69) is 5.32 Å². The predicted molar refractivity (Wildman–Crippen MR) is 92.0 cm³/mol. The Balaban J connectivity index is 1.73. The van der Waals surface area contributed by atoms with E-state index in [-0.39, 0.29) is 29.6 Å². The Labute approximate surface area is 148 Å². The van der Waals surface area contributed by atoms with Gasteiger partial charge in [0.2, 0.25) is 11.8 Å². The van der Waals surface area contributed by atoms with E-state index in [0.29, 0.717) is 10.7 Å². The highest BCUT2D eigenvalue weighted by Gasteiger charge is 2.35. The van der Waals surface area contributed by atoms with Crippen LogP contribution >= 0.6 is 23.2 Å². The second kappa shape index (κ2) is 6.79. The average molecular weight is 367 g/mol. The van der Waals surface area contributed by atoms with Crippen molar-refractivity contribution in [3.63, 3.8) is 0 Å². The standard InChI is InChI=1S/C17H13Cl2FN2O2/c18-11-3-1-4-12(8-11)22-9-10(7-15(22)23)17(24)21-14-6-2-5-13(19)16(14)20/h1-6,8,10H,7,9H2,(H,21,24). The first kappa shape index (κ1) is 16.7. The maximum Gasteiger partial charge on any atom is 0.229 e. The molecule has 1 atom stereocenters. The van der Waals surface area contributed by atoms with E-state index < -0.39 is 17.6 Å². The zero-order chi connectivity index (χ0) is 17.3. The van der Waals surface area contributed by atoms with Gasteiger partial charge in [-0.1, -0.05) is 35.3 Å². The van der Waals surface area contributed by atoms with Crippen molar-refractivity contribution in [1.29, 1.82) is 0 Å². The van der Waals surface area contributed by atoms with Gasteiger partial charge < -0.3 is 10.2 Å². The molecule has 0 aliphatic carbocycles. The van der Waals surface area contributed by atoms with E-state index in [4.69, 9.17) is 23.2 Å². The van der Waals surface area contributed by atoms with Crippen molar-refractivity contribution < 1.29 is 14.0 Å². The summed E-state index contributed by atoms with van der Waals surface area (Å²) in [6, 6.07) is 11.2. The number of anilines is 2. The number of rotatable bonds is 3. The number of benzene rings is 2. The molecule has 2 amide bonds. The SMILES string of the molecule is O=C(Nc1cccc(Cl)c1F)C1CC(=O)N(c2cccc(Cl)c2)C1. The van der Waals surface area contributed by atoms with Crippen LogP contribution in [0.3, 0.4) is 0 Å². The van der Waals surface area contributed by atoms with Crippen LogP contribution in [0.15, 0.2) is 42.5 Å². The van der Waals surface area contributed by atoms with Gasteiger partial charge in [0.05, 0.1) is 16.6 Å². The zero-order valence-electron chi connectivity index (χ0n) is 12.4. The summed E-state index contributed by atoms with van der Waals surface area (Å²) in [5, 5.41) is 2.93. The van der Waals surface area contributed by atoms with Gasteiger partial charge in [-0.15, -0.1) is 0 Å². The number of halogens is 3. The summed E-state index contributed by atoms with van der Waals surface area (Å²) < 4.78 is 13.9. The monoisotopic (exact) mass is 366 g/mol. The van der Waals surface area contributed by atoms with Crippen LogP contribution in [-0.2, 0) is 9.59 Å². The second-order valence-electron chi connectivity index (χ2n) is 5.48. The second-order valence-corrected chi connectivity index (χ2v) is 6.32. The van der Waals surface area contributed by atoms with Crippen molar-refractivity contribution in [1.82, 2.24) is 0 Å². The molecular formula is C17H13Cl2FN2O2. The van der Waals surface area contributed by atoms with Crippen LogP contribution in [-0.4, -0.2) is 18.4 Å². The fourth-order valence-electron chi connectivity index (χ4n) is 2.61. The molecule has 0 radical (unpaired) electrons. The van der Waals surface area contributed by atoms with E-state index in [1.165, 1.54) is 17.0 Å². The average Bonchev–Trinajstić information content (AvgIpc) is 2.94. The third-order valence-corrected chi connectivity index (χ3v) is 4.35. The first-order valence-electron chi connectivity index (χ1n) is 7.26. The van der Waals surface area contributed by atoms with E-state index >= 15 is 0 Å². The molecule has 0 bridgehead atoms. The van der Waals surface area contributed by atoms with Crippen LogP contribution in [0.2, 0.25) is 10.0 Å². The van der Waals surface area contributed by atoms with Crippen LogP contribution in [0.5, 0.6) is 0 Å². The highest BCUT2D eigenvalue weighted by Crippen LogP contribution is 2.29. The summed E-state index contributed by atoms with van der Waals surface area (Å²) in [5.74, 6) is -1.86. The minimum atomic E-state index is -0.691. The smallest absolute Gasteiger partial charge is 0.229 e. The van der Waals surface area contributed by atoms with Crippen molar-refractivity contribution in [2.75, 3.05) is 16.8 Å². The minimum Gasteiger partial charge on any atom is -0.323 e. The molecule has 24 heavy (non-hydrogen) atoms. The summed E-state index contributed by atoms with van der Waals surface area (Å²) in [4.78, 5) is 26.0. The molecule has 1 fully saturated rings. The van der Waals surface area contributed by atoms with E-state index in [9.17, 15) is 14.0 Å². The number of nitrogens with zero attached hydrogens (tertiary/aromatic N) is 1. The summed E-state index contributed by atoms with van der Waals surface area (Å²) >= 11 is 11.6. The molecule has 2 aromatic carbocycles. The Morgan fingerprint density at radius 1 is 1.21 bits per heavy atom. The molecule has 1 aliphatic rings. The molecular weight excluding hydrogens is 354 g/mol. The van der Waals surface area contributed by atoms with Gasteiger partial charge in [-0.05, 0) is 30.3 Å². The zero-order valence-corrected chi connectivity index (χ0v) is 13.9. The molecule has 1 N–H and O–H groups in total. The van der Waals surface area contributed by atoms with Crippen LogP contribution in [0.1, 0.15) is 6.42 Å². The van der Waals surface area contributed by atoms with E-state index in [0.717, 1.165) is 0 Å². The van der Waals surface area contributed by atoms with Gasteiger partial charge in [0.25, 0.3) is 0 Å². The van der Waals surface area contributed by atoms with Crippen molar-refractivity contribution in [2.45, 2.75) is 6.42 Å². The third-order valence-electron chi connectivity index (χ3n) is 3.83. The topological polar surface area (TPSA) is 49.4 Å². The molecule has 1 aliphatic heterocycles. The molecule has 4 nitrogen and oxygen atoms in total.